The molecule has 3 heteroatoms. The molecule has 0 amide bonds. The first-order valence-corrected chi connectivity index (χ1v) is 6.57. The van der Waals surface area contributed by atoms with E-state index in [0.29, 0.717) is 18.2 Å². The third kappa shape index (κ3) is 1.90. The molecule has 0 saturated heterocycles. The second-order valence-corrected chi connectivity index (χ2v) is 5.08. The number of rotatable bonds is 2. The third-order valence-corrected chi connectivity index (χ3v) is 3.79. The SMILES string of the molecule is CC1CCCc2cnc(Cc3ccccc3O)n21. The Balaban J connectivity index is 1.95. The Morgan fingerprint density at radius 3 is 3.06 bits per heavy atom. The van der Waals surface area contributed by atoms with Crippen LogP contribution in [0.1, 0.15) is 42.9 Å². The Morgan fingerprint density at radius 1 is 1.39 bits per heavy atom. The number of hydrogen-bond donors (Lipinski definition) is 1. The van der Waals surface area contributed by atoms with Gasteiger partial charge in [0.25, 0.3) is 0 Å². The minimum absolute atomic E-state index is 0.360. The lowest BCUT2D eigenvalue weighted by Gasteiger charge is -2.24. The van der Waals surface area contributed by atoms with Crippen LogP contribution in [-0.2, 0) is 12.8 Å². The Hall–Kier alpha value is -1.77. The molecule has 1 aliphatic heterocycles. The lowest BCUT2D eigenvalue weighted by Crippen LogP contribution is -2.17. The van der Waals surface area contributed by atoms with E-state index < -0.39 is 0 Å². The smallest absolute Gasteiger partial charge is 0.119 e. The van der Waals surface area contributed by atoms with E-state index in [1.54, 1.807) is 6.07 Å². The number of fused-ring (bicyclic) bond motifs is 1. The molecule has 3 rings (SSSR count). The van der Waals surface area contributed by atoms with Crippen LogP contribution in [0.2, 0.25) is 0 Å². The van der Waals surface area contributed by atoms with E-state index in [4.69, 9.17) is 0 Å². The Morgan fingerprint density at radius 2 is 2.22 bits per heavy atom. The molecule has 1 unspecified atom stereocenters. The van der Waals surface area contributed by atoms with Crippen molar-refractivity contribution in [1.29, 1.82) is 0 Å². The van der Waals surface area contributed by atoms with E-state index in [1.807, 2.05) is 24.4 Å². The van der Waals surface area contributed by atoms with Crippen molar-refractivity contribution in [3.05, 3.63) is 47.5 Å². The summed E-state index contributed by atoms with van der Waals surface area (Å²) in [5, 5.41) is 9.84. The quantitative estimate of drug-likeness (QED) is 0.878. The van der Waals surface area contributed by atoms with Crippen LogP contribution >= 0.6 is 0 Å². The topological polar surface area (TPSA) is 38.1 Å². The van der Waals surface area contributed by atoms with Crippen molar-refractivity contribution in [3.63, 3.8) is 0 Å². The lowest BCUT2D eigenvalue weighted by molar-refractivity contribution is 0.419. The number of benzene rings is 1. The average molecular weight is 242 g/mol. The second-order valence-electron chi connectivity index (χ2n) is 5.08. The summed E-state index contributed by atoms with van der Waals surface area (Å²) < 4.78 is 2.34. The number of hydrogen-bond acceptors (Lipinski definition) is 2. The van der Waals surface area contributed by atoms with Gasteiger partial charge in [0.05, 0.1) is 0 Å². The van der Waals surface area contributed by atoms with E-state index in [9.17, 15) is 5.11 Å². The standard InChI is InChI=1S/C15H18N2O/c1-11-5-4-7-13-10-16-15(17(11)13)9-12-6-2-3-8-14(12)18/h2-3,6,8,10-11,18H,4-5,7,9H2,1H3. The number of phenolic OH excluding ortho intramolecular Hbond substituents is 1. The fraction of sp³-hybridized carbons (Fsp3) is 0.400. The van der Waals surface area contributed by atoms with Crippen LogP contribution in [0.4, 0.5) is 0 Å². The molecule has 1 atom stereocenters. The van der Waals surface area contributed by atoms with Crippen molar-refractivity contribution in [2.24, 2.45) is 0 Å². The van der Waals surface area contributed by atoms with E-state index in [2.05, 4.69) is 16.5 Å². The van der Waals surface area contributed by atoms with E-state index >= 15 is 0 Å². The van der Waals surface area contributed by atoms with Gasteiger partial charge < -0.3 is 9.67 Å². The van der Waals surface area contributed by atoms with Crippen molar-refractivity contribution in [1.82, 2.24) is 9.55 Å². The molecule has 18 heavy (non-hydrogen) atoms. The van der Waals surface area contributed by atoms with Crippen LogP contribution in [0.25, 0.3) is 0 Å². The van der Waals surface area contributed by atoms with Gasteiger partial charge in [-0.1, -0.05) is 18.2 Å². The maximum atomic E-state index is 9.84. The zero-order valence-corrected chi connectivity index (χ0v) is 10.6. The summed E-state index contributed by atoms with van der Waals surface area (Å²) in [5.74, 6) is 1.43. The average Bonchev–Trinajstić information content (AvgIpc) is 2.77. The van der Waals surface area contributed by atoms with Crippen LogP contribution < -0.4 is 0 Å². The minimum atomic E-state index is 0.360. The molecule has 0 radical (unpaired) electrons. The fourth-order valence-electron chi connectivity index (χ4n) is 2.83. The van der Waals surface area contributed by atoms with Crippen LogP contribution in [0.3, 0.4) is 0 Å². The molecule has 1 aliphatic rings. The Labute approximate surface area is 107 Å². The van der Waals surface area contributed by atoms with Crippen LogP contribution in [0.15, 0.2) is 30.5 Å². The zero-order valence-electron chi connectivity index (χ0n) is 10.6. The number of phenols is 1. The molecule has 2 heterocycles. The molecule has 0 fully saturated rings. The van der Waals surface area contributed by atoms with Gasteiger partial charge in [-0.15, -0.1) is 0 Å². The molecule has 0 aliphatic carbocycles. The van der Waals surface area contributed by atoms with Gasteiger partial charge in [0, 0.05) is 29.9 Å². The van der Waals surface area contributed by atoms with Gasteiger partial charge in [0.15, 0.2) is 0 Å². The van der Waals surface area contributed by atoms with Crippen LogP contribution in [0, 0.1) is 0 Å². The van der Waals surface area contributed by atoms with Gasteiger partial charge in [-0.3, -0.25) is 0 Å². The highest BCUT2D eigenvalue weighted by atomic mass is 16.3. The summed E-state index contributed by atoms with van der Waals surface area (Å²) in [6.45, 7) is 2.25. The predicted molar refractivity (Wildman–Crippen MR) is 70.8 cm³/mol. The fourth-order valence-corrected chi connectivity index (χ4v) is 2.83. The van der Waals surface area contributed by atoms with Gasteiger partial charge in [-0.2, -0.15) is 0 Å². The van der Waals surface area contributed by atoms with Crippen LogP contribution in [0.5, 0.6) is 5.75 Å². The molecule has 0 bridgehead atoms. The molecule has 0 saturated carbocycles. The van der Waals surface area contributed by atoms with Gasteiger partial charge >= 0.3 is 0 Å². The molecule has 2 aromatic rings. The molecule has 1 N–H and O–H groups in total. The highest BCUT2D eigenvalue weighted by Gasteiger charge is 2.20. The Bertz CT molecular complexity index is 559. The zero-order chi connectivity index (χ0) is 12.5. The van der Waals surface area contributed by atoms with E-state index in [-0.39, 0.29) is 0 Å². The first kappa shape index (κ1) is 11.3. The van der Waals surface area contributed by atoms with Gasteiger partial charge in [-0.05, 0) is 32.3 Å². The third-order valence-electron chi connectivity index (χ3n) is 3.79. The van der Waals surface area contributed by atoms with E-state index in [1.165, 1.54) is 18.5 Å². The summed E-state index contributed by atoms with van der Waals surface area (Å²) >= 11 is 0. The van der Waals surface area contributed by atoms with Gasteiger partial charge in [-0.25, -0.2) is 4.98 Å². The maximum absolute atomic E-state index is 9.84. The summed E-state index contributed by atoms with van der Waals surface area (Å²) in [7, 11) is 0. The monoisotopic (exact) mass is 242 g/mol. The summed E-state index contributed by atoms with van der Waals surface area (Å²) in [6, 6.07) is 8.03. The normalized spacial score (nSPS) is 18.6. The summed E-state index contributed by atoms with van der Waals surface area (Å²) in [5.41, 5.74) is 2.28. The van der Waals surface area contributed by atoms with Gasteiger partial charge in [0.2, 0.25) is 0 Å². The Kier molecular flexibility index (Phi) is 2.82. The second kappa shape index (κ2) is 4.48. The van der Waals surface area contributed by atoms with Gasteiger partial charge in [0.1, 0.15) is 11.6 Å². The first-order chi connectivity index (χ1) is 8.75. The number of aromatic nitrogens is 2. The van der Waals surface area contributed by atoms with E-state index in [0.717, 1.165) is 17.8 Å². The van der Waals surface area contributed by atoms with Crippen molar-refractivity contribution in [2.75, 3.05) is 0 Å². The summed E-state index contributed by atoms with van der Waals surface area (Å²) in [6.07, 6.45) is 6.29. The number of aryl methyl sites for hydroxylation is 1. The van der Waals surface area contributed by atoms with Crippen LogP contribution in [-0.4, -0.2) is 14.7 Å². The maximum Gasteiger partial charge on any atom is 0.119 e. The number of aromatic hydroxyl groups is 1. The highest BCUT2D eigenvalue weighted by molar-refractivity contribution is 5.34. The highest BCUT2D eigenvalue weighted by Crippen LogP contribution is 2.28. The van der Waals surface area contributed by atoms with Crippen molar-refractivity contribution in [3.8, 4) is 5.75 Å². The predicted octanol–water partition coefficient (Wildman–Crippen LogP) is 3.08. The first-order valence-electron chi connectivity index (χ1n) is 6.57. The molecular weight excluding hydrogens is 224 g/mol. The minimum Gasteiger partial charge on any atom is -0.508 e. The van der Waals surface area contributed by atoms with Crippen molar-refractivity contribution >= 4 is 0 Å². The molecule has 0 spiro atoms. The number of para-hydroxylation sites is 1. The molecule has 94 valence electrons. The number of nitrogens with zero attached hydrogens (tertiary/aromatic N) is 2. The molecule has 1 aromatic carbocycles. The molecular formula is C15H18N2O. The summed E-state index contributed by atoms with van der Waals surface area (Å²) in [4.78, 5) is 4.54. The number of imidazole rings is 1. The van der Waals surface area contributed by atoms with Crippen molar-refractivity contribution in [2.45, 2.75) is 38.6 Å². The molecule has 1 aromatic heterocycles. The largest absolute Gasteiger partial charge is 0.508 e. The molecule has 3 nitrogen and oxygen atoms in total. The van der Waals surface area contributed by atoms with Crippen molar-refractivity contribution < 1.29 is 5.11 Å². The lowest BCUT2D eigenvalue weighted by atomic mass is 10.0.